The predicted octanol–water partition coefficient (Wildman–Crippen LogP) is 0.687. The first-order valence-electron chi connectivity index (χ1n) is 7.14. The molecule has 2 amide bonds. The van der Waals surface area contributed by atoms with E-state index in [-0.39, 0.29) is 5.71 Å². The number of esters is 1. The van der Waals surface area contributed by atoms with E-state index in [0.29, 0.717) is 10.8 Å². The molecule has 0 saturated carbocycles. The number of nitrogens with zero attached hydrogens (tertiary/aromatic N) is 4. The Bertz CT molecular complexity index is 783. The minimum absolute atomic E-state index is 0.299. The first-order valence-corrected chi connectivity index (χ1v) is 7.14. The summed E-state index contributed by atoms with van der Waals surface area (Å²) in [7, 11) is 1.12. The standard InChI is InChI=1S/C15H14N4O5/c1-7-4-8(2)6-9(5-7)18-13(20)10-11(15(22)24-3)16-19(17-23)12(10)14(18)21/h4-6,10,12H,1-3H3/t10-,12+/m0/s1. The van der Waals surface area contributed by atoms with Crippen molar-refractivity contribution in [3.05, 3.63) is 34.2 Å². The van der Waals surface area contributed by atoms with Gasteiger partial charge in [0.15, 0.2) is 11.8 Å². The number of anilines is 1. The summed E-state index contributed by atoms with van der Waals surface area (Å²) >= 11 is 0. The number of carbonyl (C=O) groups excluding carboxylic acids is 3. The minimum Gasteiger partial charge on any atom is -0.464 e. The molecular formula is C15H14N4O5. The lowest BCUT2D eigenvalue weighted by Crippen LogP contribution is -2.36. The van der Waals surface area contributed by atoms with Gasteiger partial charge >= 0.3 is 5.97 Å². The van der Waals surface area contributed by atoms with Crippen molar-refractivity contribution in [2.75, 3.05) is 12.0 Å². The Morgan fingerprint density at radius 3 is 2.33 bits per heavy atom. The maximum absolute atomic E-state index is 12.8. The van der Waals surface area contributed by atoms with Gasteiger partial charge < -0.3 is 4.74 Å². The SMILES string of the molecule is COC(=O)C1=NN(N=O)[C@H]2C(=O)N(c3cc(C)cc(C)c3)C(=O)[C@@H]12. The normalized spacial score (nSPS) is 22.5. The quantitative estimate of drug-likeness (QED) is 0.458. The van der Waals surface area contributed by atoms with E-state index >= 15 is 0 Å². The molecule has 24 heavy (non-hydrogen) atoms. The smallest absolute Gasteiger partial charge is 0.355 e. The van der Waals surface area contributed by atoms with Crippen molar-refractivity contribution in [2.24, 2.45) is 16.3 Å². The fourth-order valence-electron chi connectivity index (χ4n) is 3.07. The topological polar surface area (TPSA) is 109 Å². The molecule has 9 nitrogen and oxygen atoms in total. The second-order valence-corrected chi connectivity index (χ2v) is 5.66. The lowest BCUT2D eigenvalue weighted by molar-refractivity contribution is -0.133. The second kappa shape index (κ2) is 5.52. The van der Waals surface area contributed by atoms with Crippen LogP contribution in [0.15, 0.2) is 28.6 Å². The number of methoxy groups -OCH3 is 1. The van der Waals surface area contributed by atoms with Gasteiger partial charge in [0.25, 0.3) is 5.91 Å². The van der Waals surface area contributed by atoms with E-state index < -0.39 is 29.7 Å². The fraction of sp³-hybridized carbons (Fsp3) is 0.333. The summed E-state index contributed by atoms with van der Waals surface area (Å²) in [5.41, 5.74) is 1.82. The first-order chi connectivity index (χ1) is 11.4. The Morgan fingerprint density at radius 1 is 1.17 bits per heavy atom. The minimum atomic E-state index is -1.26. The third-order valence-electron chi connectivity index (χ3n) is 3.97. The van der Waals surface area contributed by atoms with Gasteiger partial charge in [0, 0.05) is 0 Å². The number of benzene rings is 1. The summed E-state index contributed by atoms with van der Waals surface area (Å²) in [4.78, 5) is 49.2. The maximum Gasteiger partial charge on any atom is 0.355 e. The number of nitroso groups, excluding NO2 is 1. The van der Waals surface area contributed by atoms with Gasteiger partial charge in [-0.2, -0.15) is 0 Å². The van der Waals surface area contributed by atoms with Crippen LogP contribution in [0.2, 0.25) is 0 Å². The van der Waals surface area contributed by atoms with Crippen LogP contribution in [0.5, 0.6) is 0 Å². The lowest BCUT2D eigenvalue weighted by Gasteiger charge is -2.17. The summed E-state index contributed by atoms with van der Waals surface area (Å²) in [6.07, 6.45) is 0. The molecule has 2 atom stereocenters. The molecule has 0 spiro atoms. The van der Waals surface area contributed by atoms with Crippen molar-refractivity contribution in [1.82, 2.24) is 5.12 Å². The molecule has 1 aromatic carbocycles. The number of fused-ring (bicyclic) bond motifs is 1. The number of ether oxygens (including phenoxy) is 1. The fourth-order valence-corrected chi connectivity index (χ4v) is 3.07. The van der Waals surface area contributed by atoms with E-state index in [2.05, 4.69) is 15.1 Å². The van der Waals surface area contributed by atoms with E-state index in [1.165, 1.54) is 0 Å². The molecular weight excluding hydrogens is 316 g/mol. The average Bonchev–Trinajstić information content (AvgIpc) is 3.03. The van der Waals surface area contributed by atoms with Crippen molar-refractivity contribution >= 4 is 29.2 Å². The number of aryl methyl sites for hydroxylation is 2. The number of rotatable bonds is 3. The van der Waals surface area contributed by atoms with Gasteiger partial charge in [0.05, 0.1) is 18.1 Å². The molecule has 2 aliphatic heterocycles. The Morgan fingerprint density at radius 2 is 1.79 bits per heavy atom. The Kier molecular flexibility index (Phi) is 3.63. The van der Waals surface area contributed by atoms with Crippen LogP contribution < -0.4 is 4.90 Å². The molecule has 9 heteroatoms. The zero-order valence-electron chi connectivity index (χ0n) is 13.2. The highest BCUT2D eigenvalue weighted by molar-refractivity contribution is 6.46. The lowest BCUT2D eigenvalue weighted by atomic mass is 9.98. The van der Waals surface area contributed by atoms with Crippen molar-refractivity contribution in [3.63, 3.8) is 0 Å². The van der Waals surface area contributed by atoms with Crippen molar-refractivity contribution in [2.45, 2.75) is 19.9 Å². The Hall–Kier alpha value is -3.10. The molecule has 2 aliphatic rings. The molecule has 0 bridgehead atoms. The third kappa shape index (κ3) is 2.16. The molecule has 2 heterocycles. The third-order valence-corrected chi connectivity index (χ3v) is 3.97. The summed E-state index contributed by atoms with van der Waals surface area (Å²) in [6.45, 7) is 3.67. The van der Waals surface area contributed by atoms with Gasteiger partial charge in [-0.25, -0.2) is 9.69 Å². The van der Waals surface area contributed by atoms with Gasteiger partial charge in [-0.1, -0.05) is 6.07 Å². The van der Waals surface area contributed by atoms with Gasteiger partial charge in [-0.3, -0.25) is 9.59 Å². The number of hydrogen-bond acceptors (Lipinski definition) is 7. The van der Waals surface area contributed by atoms with Crippen LogP contribution in [0.3, 0.4) is 0 Å². The van der Waals surface area contributed by atoms with Crippen molar-refractivity contribution < 1.29 is 19.1 Å². The number of imide groups is 1. The van der Waals surface area contributed by atoms with Crippen LogP contribution in [0, 0.1) is 24.7 Å². The zero-order chi connectivity index (χ0) is 17.6. The second-order valence-electron chi connectivity index (χ2n) is 5.66. The van der Waals surface area contributed by atoms with Crippen LogP contribution >= 0.6 is 0 Å². The molecule has 0 radical (unpaired) electrons. The Labute approximate surface area is 136 Å². The largest absolute Gasteiger partial charge is 0.464 e. The molecule has 0 aliphatic carbocycles. The number of carbonyl (C=O) groups is 3. The molecule has 0 N–H and O–H groups in total. The van der Waals surface area contributed by atoms with Gasteiger partial charge in [-0.15, -0.1) is 15.1 Å². The molecule has 1 fully saturated rings. The van der Waals surface area contributed by atoms with Crippen LogP contribution in [0.25, 0.3) is 0 Å². The molecule has 1 aromatic rings. The Balaban J connectivity index is 2.07. The highest BCUT2D eigenvalue weighted by Gasteiger charge is 2.59. The van der Waals surface area contributed by atoms with Gasteiger partial charge in [0.2, 0.25) is 5.91 Å². The zero-order valence-corrected chi connectivity index (χ0v) is 13.2. The number of hydrogen-bond donors (Lipinski definition) is 0. The number of hydrazone groups is 1. The maximum atomic E-state index is 12.8. The van der Waals surface area contributed by atoms with Crippen molar-refractivity contribution in [1.29, 1.82) is 0 Å². The van der Waals surface area contributed by atoms with Crippen molar-refractivity contribution in [3.8, 4) is 0 Å². The van der Waals surface area contributed by atoms with Crippen LogP contribution in [-0.2, 0) is 19.1 Å². The highest BCUT2D eigenvalue weighted by Crippen LogP contribution is 2.36. The molecule has 3 rings (SSSR count). The van der Waals surface area contributed by atoms with E-state index in [0.717, 1.165) is 23.1 Å². The van der Waals surface area contributed by atoms with Crippen LogP contribution in [-0.4, -0.2) is 41.8 Å². The summed E-state index contributed by atoms with van der Waals surface area (Å²) < 4.78 is 4.58. The monoisotopic (exact) mass is 330 g/mol. The van der Waals surface area contributed by atoms with E-state index in [1.54, 1.807) is 12.1 Å². The molecule has 124 valence electrons. The van der Waals surface area contributed by atoms with Gasteiger partial charge in [-0.05, 0) is 37.1 Å². The van der Waals surface area contributed by atoms with E-state index in [1.807, 2.05) is 19.9 Å². The van der Waals surface area contributed by atoms with Gasteiger partial charge in [0.1, 0.15) is 5.92 Å². The summed E-state index contributed by atoms with van der Waals surface area (Å²) in [5.74, 6) is -3.37. The summed E-state index contributed by atoms with van der Waals surface area (Å²) in [6, 6.07) is 4.00. The highest BCUT2D eigenvalue weighted by atomic mass is 16.5. The predicted molar refractivity (Wildman–Crippen MR) is 82.8 cm³/mol. The van der Waals surface area contributed by atoms with E-state index in [9.17, 15) is 19.3 Å². The first kappa shape index (κ1) is 15.8. The molecule has 1 saturated heterocycles. The number of amides is 2. The molecule has 0 aromatic heterocycles. The van der Waals surface area contributed by atoms with Crippen LogP contribution in [0.1, 0.15) is 11.1 Å². The van der Waals surface area contributed by atoms with E-state index in [4.69, 9.17) is 0 Å². The summed E-state index contributed by atoms with van der Waals surface area (Å²) in [5, 5.41) is 6.84. The van der Waals surface area contributed by atoms with Crippen LogP contribution in [0.4, 0.5) is 5.69 Å². The average molecular weight is 330 g/mol. The molecule has 0 unspecified atom stereocenters.